The molecule has 1 unspecified atom stereocenters. The molecule has 1 saturated heterocycles. The summed E-state index contributed by atoms with van der Waals surface area (Å²) in [6.45, 7) is 6.60. The third-order valence-corrected chi connectivity index (χ3v) is 3.48. The largest absolute Gasteiger partial charge is 0.338 e. The Balaban J connectivity index is 2.37. The van der Waals surface area contributed by atoms with Gasteiger partial charge in [-0.3, -0.25) is 15.0 Å². The normalized spacial score (nSPS) is 19.3. The summed E-state index contributed by atoms with van der Waals surface area (Å²) in [5, 5.41) is 4.89. The summed E-state index contributed by atoms with van der Waals surface area (Å²) in [6, 6.07) is -0.697. The molecule has 0 spiro atoms. The molecule has 18 heavy (non-hydrogen) atoms. The van der Waals surface area contributed by atoms with E-state index in [9.17, 15) is 9.59 Å². The van der Waals surface area contributed by atoms with Crippen LogP contribution in [-0.2, 0) is 4.79 Å². The summed E-state index contributed by atoms with van der Waals surface area (Å²) in [7, 11) is 0. The Morgan fingerprint density at radius 3 is 2.50 bits per heavy atom. The van der Waals surface area contributed by atoms with Crippen LogP contribution in [0.5, 0.6) is 0 Å². The van der Waals surface area contributed by atoms with Gasteiger partial charge in [0.25, 0.3) is 0 Å². The van der Waals surface area contributed by atoms with Crippen molar-refractivity contribution in [1.29, 1.82) is 0 Å². The van der Waals surface area contributed by atoms with E-state index in [2.05, 4.69) is 15.5 Å². The van der Waals surface area contributed by atoms with Gasteiger partial charge in [0, 0.05) is 6.54 Å². The van der Waals surface area contributed by atoms with Crippen molar-refractivity contribution in [3.63, 3.8) is 0 Å². The standard InChI is InChI=1S/C12H24N4O2/c1-3-14-12(18)15-11(17)9(2)16-6-4-10(8-13)5-7-16/h9-10H,3-8,13H2,1-2H3,(H2,14,15,17,18). The first-order chi connectivity index (χ1) is 8.58. The molecule has 0 aromatic rings. The zero-order valence-corrected chi connectivity index (χ0v) is 11.2. The number of piperidine rings is 1. The number of hydrogen-bond donors (Lipinski definition) is 3. The summed E-state index contributed by atoms with van der Waals surface area (Å²) in [5.41, 5.74) is 5.63. The van der Waals surface area contributed by atoms with Gasteiger partial charge in [-0.25, -0.2) is 4.79 Å². The van der Waals surface area contributed by atoms with E-state index in [-0.39, 0.29) is 11.9 Å². The molecule has 4 N–H and O–H groups in total. The van der Waals surface area contributed by atoms with E-state index in [4.69, 9.17) is 5.73 Å². The van der Waals surface area contributed by atoms with Crippen molar-refractivity contribution in [3.05, 3.63) is 0 Å². The molecule has 1 heterocycles. The number of hydrogen-bond acceptors (Lipinski definition) is 4. The number of imide groups is 1. The number of urea groups is 1. The molecule has 6 nitrogen and oxygen atoms in total. The Bertz CT molecular complexity index is 288. The lowest BCUT2D eigenvalue weighted by Crippen LogP contribution is -2.51. The highest BCUT2D eigenvalue weighted by Crippen LogP contribution is 2.17. The van der Waals surface area contributed by atoms with Crippen LogP contribution in [0.1, 0.15) is 26.7 Å². The predicted octanol–water partition coefficient (Wildman–Crippen LogP) is -0.109. The van der Waals surface area contributed by atoms with Gasteiger partial charge < -0.3 is 11.1 Å². The van der Waals surface area contributed by atoms with E-state index >= 15 is 0 Å². The van der Waals surface area contributed by atoms with E-state index in [1.807, 2.05) is 13.8 Å². The van der Waals surface area contributed by atoms with Crippen LogP contribution in [-0.4, -0.2) is 49.1 Å². The van der Waals surface area contributed by atoms with Gasteiger partial charge in [0.15, 0.2) is 0 Å². The molecule has 0 aromatic heterocycles. The van der Waals surface area contributed by atoms with Crippen LogP contribution in [0, 0.1) is 5.92 Å². The maximum absolute atomic E-state index is 11.8. The first-order valence-corrected chi connectivity index (χ1v) is 6.61. The van der Waals surface area contributed by atoms with Gasteiger partial charge in [-0.2, -0.15) is 0 Å². The molecule has 0 saturated carbocycles. The third-order valence-electron chi connectivity index (χ3n) is 3.48. The Morgan fingerprint density at radius 1 is 1.39 bits per heavy atom. The van der Waals surface area contributed by atoms with Gasteiger partial charge in [0.05, 0.1) is 6.04 Å². The minimum absolute atomic E-state index is 0.243. The average molecular weight is 256 g/mol. The van der Waals surface area contributed by atoms with Crippen molar-refractivity contribution in [2.45, 2.75) is 32.7 Å². The van der Waals surface area contributed by atoms with Crippen LogP contribution >= 0.6 is 0 Å². The number of carbonyl (C=O) groups excluding carboxylic acids is 2. The van der Waals surface area contributed by atoms with E-state index in [0.717, 1.165) is 25.9 Å². The van der Waals surface area contributed by atoms with E-state index in [1.54, 1.807) is 0 Å². The fourth-order valence-electron chi connectivity index (χ4n) is 2.16. The first-order valence-electron chi connectivity index (χ1n) is 6.61. The molecule has 1 aliphatic heterocycles. The van der Waals surface area contributed by atoms with Crippen LogP contribution in [0.3, 0.4) is 0 Å². The molecule has 6 heteroatoms. The van der Waals surface area contributed by atoms with Crippen molar-refractivity contribution < 1.29 is 9.59 Å². The average Bonchev–Trinajstić information content (AvgIpc) is 2.38. The molecule has 0 radical (unpaired) electrons. The lowest BCUT2D eigenvalue weighted by atomic mass is 9.96. The minimum atomic E-state index is -0.425. The van der Waals surface area contributed by atoms with Crippen LogP contribution in [0.15, 0.2) is 0 Å². The van der Waals surface area contributed by atoms with Crippen molar-refractivity contribution >= 4 is 11.9 Å². The second-order valence-electron chi connectivity index (χ2n) is 4.74. The van der Waals surface area contributed by atoms with E-state index in [0.29, 0.717) is 19.0 Å². The lowest BCUT2D eigenvalue weighted by molar-refractivity contribution is -0.125. The predicted molar refractivity (Wildman–Crippen MR) is 70.0 cm³/mol. The van der Waals surface area contributed by atoms with Crippen LogP contribution in [0.25, 0.3) is 0 Å². The molecular weight excluding hydrogens is 232 g/mol. The van der Waals surface area contributed by atoms with Gasteiger partial charge in [-0.1, -0.05) is 0 Å². The van der Waals surface area contributed by atoms with E-state index < -0.39 is 6.03 Å². The van der Waals surface area contributed by atoms with Crippen LogP contribution in [0.4, 0.5) is 4.79 Å². The summed E-state index contributed by atoms with van der Waals surface area (Å²) in [6.07, 6.45) is 2.05. The van der Waals surface area contributed by atoms with Gasteiger partial charge in [-0.15, -0.1) is 0 Å². The fourth-order valence-corrected chi connectivity index (χ4v) is 2.16. The highest BCUT2D eigenvalue weighted by Gasteiger charge is 2.26. The Labute approximate surface area is 108 Å². The summed E-state index contributed by atoms with van der Waals surface area (Å²) < 4.78 is 0. The van der Waals surface area contributed by atoms with Gasteiger partial charge in [0.1, 0.15) is 0 Å². The molecule has 0 aromatic carbocycles. The Kier molecular flexibility index (Phi) is 6.07. The molecule has 1 atom stereocenters. The Hall–Kier alpha value is -1.14. The summed E-state index contributed by atoms with van der Waals surface area (Å²) >= 11 is 0. The van der Waals surface area contributed by atoms with Gasteiger partial charge in [-0.05, 0) is 52.2 Å². The second kappa shape index (κ2) is 7.33. The van der Waals surface area contributed by atoms with Crippen LogP contribution < -0.4 is 16.4 Å². The topological polar surface area (TPSA) is 87.5 Å². The fraction of sp³-hybridized carbons (Fsp3) is 0.833. The molecule has 0 aliphatic carbocycles. The third kappa shape index (κ3) is 4.27. The maximum Gasteiger partial charge on any atom is 0.321 e. The zero-order chi connectivity index (χ0) is 13.5. The molecule has 1 aliphatic rings. The van der Waals surface area contributed by atoms with Crippen molar-refractivity contribution in [3.8, 4) is 0 Å². The molecule has 3 amide bonds. The molecule has 0 bridgehead atoms. The number of nitrogens with one attached hydrogen (secondary N) is 2. The van der Waals surface area contributed by atoms with Crippen molar-refractivity contribution in [2.24, 2.45) is 11.7 Å². The minimum Gasteiger partial charge on any atom is -0.338 e. The van der Waals surface area contributed by atoms with Crippen molar-refractivity contribution in [1.82, 2.24) is 15.5 Å². The van der Waals surface area contributed by atoms with Crippen LogP contribution in [0.2, 0.25) is 0 Å². The number of likely N-dealkylation sites (tertiary alicyclic amines) is 1. The number of rotatable bonds is 4. The number of nitrogens with two attached hydrogens (primary N) is 1. The summed E-state index contributed by atoms with van der Waals surface area (Å²) in [4.78, 5) is 25.2. The lowest BCUT2D eigenvalue weighted by Gasteiger charge is -2.34. The molecule has 104 valence electrons. The Morgan fingerprint density at radius 2 is 2.00 bits per heavy atom. The van der Waals surface area contributed by atoms with E-state index in [1.165, 1.54) is 0 Å². The molecule has 1 rings (SSSR count). The first kappa shape index (κ1) is 14.9. The SMILES string of the molecule is CCNC(=O)NC(=O)C(C)N1CCC(CN)CC1. The monoisotopic (exact) mass is 256 g/mol. The number of amides is 3. The summed E-state index contributed by atoms with van der Waals surface area (Å²) in [5.74, 6) is 0.326. The number of carbonyl (C=O) groups is 2. The molecule has 1 fully saturated rings. The maximum atomic E-state index is 11.8. The zero-order valence-electron chi connectivity index (χ0n) is 11.2. The highest BCUT2D eigenvalue weighted by atomic mass is 16.2. The molecular formula is C12H24N4O2. The second-order valence-corrected chi connectivity index (χ2v) is 4.74. The number of nitrogens with zero attached hydrogens (tertiary/aromatic N) is 1. The van der Waals surface area contributed by atoms with Gasteiger partial charge in [0.2, 0.25) is 5.91 Å². The smallest absolute Gasteiger partial charge is 0.321 e. The quantitative estimate of drug-likeness (QED) is 0.655. The van der Waals surface area contributed by atoms with Crippen molar-refractivity contribution in [2.75, 3.05) is 26.2 Å². The van der Waals surface area contributed by atoms with Gasteiger partial charge >= 0.3 is 6.03 Å². The highest BCUT2D eigenvalue weighted by molar-refractivity contribution is 5.96.